The number of hydrogen-bond acceptors (Lipinski definition) is 3. The van der Waals surface area contributed by atoms with Crippen molar-refractivity contribution < 1.29 is 4.74 Å². The van der Waals surface area contributed by atoms with Crippen molar-refractivity contribution in [1.82, 2.24) is 10.7 Å². The molecule has 19 heavy (non-hydrogen) atoms. The molecule has 2 rings (SSSR count). The van der Waals surface area contributed by atoms with Gasteiger partial charge in [-0.05, 0) is 35.1 Å². The van der Waals surface area contributed by atoms with Crippen molar-refractivity contribution in [2.75, 3.05) is 25.7 Å². The zero-order valence-corrected chi connectivity index (χ0v) is 11.6. The summed E-state index contributed by atoms with van der Waals surface area (Å²) in [6.45, 7) is 1.31. The van der Waals surface area contributed by atoms with Crippen molar-refractivity contribution >= 4 is 33.8 Å². The Labute approximate surface area is 118 Å². The minimum absolute atomic E-state index is 0.546. The summed E-state index contributed by atoms with van der Waals surface area (Å²) >= 11 is 5.12. The first kappa shape index (κ1) is 13.6. The third-order valence-electron chi connectivity index (χ3n) is 2.66. The molecule has 0 saturated carbocycles. The minimum atomic E-state index is 0.546. The number of hydrogen-bond donors (Lipinski definition) is 3. The van der Waals surface area contributed by atoms with Gasteiger partial charge < -0.3 is 10.1 Å². The van der Waals surface area contributed by atoms with E-state index in [4.69, 9.17) is 17.0 Å². The molecular formula is C14H17N3OS. The van der Waals surface area contributed by atoms with Crippen LogP contribution in [-0.4, -0.2) is 25.4 Å². The van der Waals surface area contributed by atoms with Crippen LogP contribution in [0.2, 0.25) is 0 Å². The second-order valence-corrected chi connectivity index (χ2v) is 4.47. The van der Waals surface area contributed by atoms with Gasteiger partial charge in [-0.25, -0.2) is 0 Å². The average Bonchev–Trinajstić information content (AvgIpc) is 2.45. The highest BCUT2D eigenvalue weighted by Crippen LogP contribution is 2.17. The number of hydrazine groups is 1. The maximum Gasteiger partial charge on any atom is 0.185 e. The number of ether oxygens (including phenoxy) is 1. The van der Waals surface area contributed by atoms with Crippen LogP contribution >= 0.6 is 12.2 Å². The van der Waals surface area contributed by atoms with Crippen LogP contribution in [0.3, 0.4) is 0 Å². The zero-order valence-electron chi connectivity index (χ0n) is 10.8. The van der Waals surface area contributed by atoms with Crippen LogP contribution in [0.5, 0.6) is 0 Å². The van der Waals surface area contributed by atoms with Crippen LogP contribution in [0.25, 0.3) is 10.8 Å². The van der Waals surface area contributed by atoms with Crippen molar-refractivity contribution in [2.24, 2.45) is 0 Å². The first-order valence-corrected chi connectivity index (χ1v) is 6.48. The van der Waals surface area contributed by atoms with Crippen molar-refractivity contribution in [3.63, 3.8) is 0 Å². The number of fused-ring (bicyclic) bond motifs is 1. The Morgan fingerprint density at radius 3 is 2.74 bits per heavy atom. The van der Waals surface area contributed by atoms with Gasteiger partial charge in [-0.1, -0.05) is 30.3 Å². The smallest absolute Gasteiger partial charge is 0.185 e. The lowest BCUT2D eigenvalue weighted by Crippen LogP contribution is -2.40. The first-order valence-electron chi connectivity index (χ1n) is 6.07. The summed E-state index contributed by atoms with van der Waals surface area (Å²) in [5, 5.41) is 5.97. The Morgan fingerprint density at radius 2 is 1.95 bits per heavy atom. The summed E-state index contributed by atoms with van der Waals surface area (Å²) in [7, 11) is 1.66. The third-order valence-corrected chi connectivity index (χ3v) is 2.91. The van der Waals surface area contributed by atoms with Crippen molar-refractivity contribution in [2.45, 2.75) is 0 Å². The molecule has 0 atom stereocenters. The van der Waals surface area contributed by atoms with E-state index in [0.29, 0.717) is 18.3 Å². The van der Waals surface area contributed by atoms with E-state index in [1.54, 1.807) is 7.11 Å². The van der Waals surface area contributed by atoms with Gasteiger partial charge >= 0.3 is 0 Å². The molecule has 0 radical (unpaired) electrons. The molecule has 0 aliphatic carbocycles. The summed E-state index contributed by atoms with van der Waals surface area (Å²) in [6.07, 6.45) is 0. The molecule has 0 aromatic heterocycles. The lowest BCUT2D eigenvalue weighted by molar-refractivity contribution is 0.204. The molecule has 4 nitrogen and oxygen atoms in total. The largest absolute Gasteiger partial charge is 0.383 e. The Hall–Kier alpha value is -1.85. The van der Waals surface area contributed by atoms with Gasteiger partial charge in [0.1, 0.15) is 0 Å². The molecule has 0 aliphatic heterocycles. The molecule has 0 heterocycles. The normalized spacial score (nSPS) is 10.2. The fourth-order valence-electron chi connectivity index (χ4n) is 1.71. The Morgan fingerprint density at radius 1 is 1.16 bits per heavy atom. The van der Waals surface area contributed by atoms with E-state index in [0.717, 1.165) is 5.69 Å². The topological polar surface area (TPSA) is 45.3 Å². The van der Waals surface area contributed by atoms with Gasteiger partial charge in [0, 0.05) is 13.7 Å². The Balaban J connectivity index is 1.89. The fourth-order valence-corrected chi connectivity index (χ4v) is 1.86. The number of benzene rings is 2. The molecule has 100 valence electrons. The molecular weight excluding hydrogens is 258 g/mol. The molecule has 0 aliphatic rings. The van der Waals surface area contributed by atoms with Crippen LogP contribution in [0.15, 0.2) is 42.5 Å². The number of rotatable bonds is 5. The number of methoxy groups -OCH3 is 1. The van der Waals surface area contributed by atoms with E-state index < -0.39 is 0 Å². The van der Waals surface area contributed by atoms with Gasteiger partial charge in [0.05, 0.1) is 12.3 Å². The van der Waals surface area contributed by atoms with E-state index in [1.165, 1.54) is 10.8 Å². The quantitative estimate of drug-likeness (QED) is 0.444. The van der Waals surface area contributed by atoms with Crippen LogP contribution in [-0.2, 0) is 4.74 Å². The van der Waals surface area contributed by atoms with Gasteiger partial charge in [0.15, 0.2) is 5.11 Å². The third kappa shape index (κ3) is 4.08. The zero-order chi connectivity index (χ0) is 13.5. The Kier molecular flexibility index (Phi) is 4.94. The van der Waals surface area contributed by atoms with Gasteiger partial charge in [0.25, 0.3) is 0 Å². The highest BCUT2D eigenvalue weighted by molar-refractivity contribution is 7.80. The number of anilines is 1. The highest BCUT2D eigenvalue weighted by atomic mass is 32.1. The summed E-state index contributed by atoms with van der Waals surface area (Å²) in [5.74, 6) is 0. The highest BCUT2D eigenvalue weighted by Gasteiger charge is 1.97. The second kappa shape index (κ2) is 6.92. The predicted octanol–water partition coefficient (Wildman–Crippen LogP) is 2.28. The molecule has 0 amide bonds. The van der Waals surface area contributed by atoms with Crippen molar-refractivity contribution in [3.8, 4) is 0 Å². The molecule has 2 aromatic rings. The molecule has 3 N–H and O–H groups in total. The monoisotopic (exact) mass is 275 g/mol. The predicted molar refractivity (Wildman–Crippen MR) is 83.2 cm³/mol. The van der Waals surface area contributed by atoms with Crippen LogP contribution in [0, 0.1) is 0 Å². The molecule has 0 fully saturated rings. The lowest BCUT2D eigenvalue weighted by Gasteiger charge is -2.12. The SMILES string of the molecule is COCCNC(=S)NNc1ccc2ccccc2c1. The van der Waals surface area contributed by atoms with Crippen molar-refractivity contribution in [1.29, 1.82) is 0 Å². The molecule has 0 spiro atoms. The molecule has 2 aromatic carbocycles. The van der Waals surface area contributed by atoms with E-state index in [-0.39, 0.29) is 0 Å². The van der Waals surface area contributed by atoms with Gasteiger partial charge in [0.2, 0.25) is 0 Å². The molecule has 0 saturated heterocycles. The number of thiocarbonyl (C=S) groups is 1. The summed E-state index contributed by atoms with van der Waals surface area (Å²) in [4.78, 5) is 0. The number of nitrogens with one attached hydrogen (secondary N) is 3. The van der Waals surface area contributed by atoms with Crippen LogP contribution < -0.4 is 16.2 Å². The fraction of sp³-hybridized carbons (Fsp3) is 0.214. The minimum Gasteiger partial charge on any atom is -0.383 e. The van der Waals surface area contributed by atoms with E-state index in [1.807, 2.05) is 18.2 Å². The standard InChI is InChI=1S/C14H17N3OS/c1-18-9-8-15-14(19)17-16-13-7-6-11-4-2-3-5-12(11)10-13/h2-7,10,16H,8-9H2,1H3,(H2,15,17,19). The van der Waals surface area contributed by atoms with Crippen LogP contribution in [0.1, 0.15) is 0 Å². The van der Waals surface area contributed by atoms with E-state index in [9.17, 15) is 0 Å². The molecule has 0 bridgehead atoms. The van der Waals surface area contributed by atoms with E-state index >= 15 is 0 Å². The summed E-state index contributed by atoms with van der Waals surface area (Å²) < 4.78 is 4.93. The average molecular weight is 275 g/mol. The Bertz CT molecular complexity index is 559. The summed E-state index contributed by atoms with van der Waals surface area (Å²) in [6, 6.07) is 14.4. The van der Waals surface area contributed by atoms with E-state index in [2.05, 4.69) is 40.4 Å². The second-order valence-electron chi connectivity index (χ2n) is 4.06. The van der Waals surface area contributed by atoms with Gasteiger partial charge in [-0.15, -0.1) is 0 Å². The maximum atomic E-state index is 5.12. The molecule has 5 heteroatoms. The van der Waals surface area contributed by atoms with Gasteiger partial charge in [-0.2, -0.15) is 0 Å². The van der Waals surface area contributed by atoms with Gasteiger partial charge in [-0.3, -0.25) is 10.9 Å². The summed E-state index contributed by atoms with van der Waals surface area (Å²) in [5.41, 5.74) is 6.97. The lowest BCUT2D eigenvalue weighted by atomic mass is 10.1. The first-order chi connectivity index (χ1) is 9.29. The molecule has 0 unspecified atom stereocenters. The maximum absolute atomic E-state index is 5.12. The van der Waals surface area contributed by atoms with Crippen molar-refractivity contribution in [3.05, 3.63) is 42.5 Å². The van der Waals surface area contributed by atoms with Crippen LogP contribution in [0.4, 0.5) is 5.69 Å².